The number of nitrogens with two attached hydrogens (primary N) is 1. The molecule has 1 aromatic rings. The smallest absolute Gasteiger partial charge is 0.292 e. The lowest BCUT2D eigenvalue weighted by molar-refractivity contribution is 0.146. The van der Waals surface area contributed by atoms with Gasteiger partial charge in [-0.05, 0) is 19.4 Å². The summed E-state index contributed by atoms with van der Waals surface area (Å²) in [6.07, 6.45) is 3.83. The van der Waals surface area contributed by atoms with Gasteiger partial charge in [-0.1, -0.05) is 0 Å². The topological polar surface area (TPSA) is 75.5 Å². The van der Waals surface area contributed by atoms with Crippen LogP contribution in [0.5, 0.6) is 0 Å². The number of rotatable bonds is 3. The van der Waals surface area contributed by atoms with E-state index in [1.807, 2.05) is 0 Å². The monoisotopic (exact) mass is 197 g/mol. The highest BCUT2D eigenvalue weighted by Gasteiger charge is 2.24. The Labute approximate surface area is 82.5 Å². The summed E-state index contributed by atoms with van der Waals surface area (Å²) in [5.41, 5.74) is 5.37. The molecule has 0 spiro atoms. The van der Waals surface area contributed by atoms with Crippen LogP contribution in [-0.4, -0.2) is 34.2 Å². The van der Waals surface area contributed by atoms with E-state index < -0.39 is 0 Å². The third kappa shape index (κ3) is 1.88. The fourth-order valence-electron chi connectivity index (χ4n) is 1.91. The van der Waals surface area contributed by atoms with E-state index in [2.05, 4.69) is 9.88 Å². The zero-order valence-corrected chi connectivity index (χ0v) is 8.02. The first-order valence-electron chi connectivity index (χ1n) is 4.84. The van der Waals surface area contributed by atoms with Crippen molar-refractivity contribution >= 4 is 6.01 Å². The normalized spacial score (nSPS) is 23.1. The highest BCUT2D eigenvalue weighted by atomic mass is 16.4. The first-order chi connectivity index (χ1) is 6.79. The number of hydrogen-bond acceptors (Lipinski definition) is 5. The SMILES string of the molecule is Nc1ncc(CN2CCCC2CO)o1. The van der Waals surface area contributed by atoms with Crippen molar-refractivity contribution in [2.45, 2.75) is 25.4 Å². The van der Waals surface area contributed by atoms with Gasteiger partial charge in [-0.25, -0.2) is 4.98 Å². The maximum atomic E-state index is 9.11. The van der Waals surface area contributed by atoms with E-state index in [0.29, 0.717) is 6.54 Å². The molecule has 5 heteroatoms. The fraction of sp³-hybridized carbons (Fsp3) is 0.667. The molecule has 1 aromatic heterocycles. The van der Waals surface area contributed by atoms with Crippen LogP contribution in [0.25, 0.3) is 0 Å². The van der Waals surface area contributed by atoms with Gasteiger partial charge in [0, 0.05) is 6.04 Å². The van der Waals surface area contributed by atoms with Crippen molar-refractivity contribution < 1.29 is 9.52 Å². The largest absolute Gasteiger partial charge is 0.428 e. The molecular formula is C9H15N3O2. The Morgan fingerprint density at radius 1 is 1.71 bits per heavy atom. The van der Waals surface area contributed by atoms with E-state index in [0.717, 1.165) is 25.1 Å². The number of anilines is 1. The third-order valence-electron chi connectivity index (χ3n) is 2.64. The number of nitrogens with zero attached hydrogens (tertiary/aromatic N) is 2. The van der Waals surface area contributed by atoms with Gasteiger partial charge in [-0.15, -0.1) is 0 Å². The molecule has 1 aliphatic heterocycles. The molecule has 1 fully saturated rings. The van der Waals surface area contributed by atoms with Gasteiger partial charge in [-0.3, -0.25) is 4.90 Å². The number of likely N-dealkylation sites (tertiary alicyclic amines) is 1. The summed E-state index contributed by atoms with van der Waals surface area (Å²) in [5.74, 6) is 0.767. The Bertz CT molecular complexity index is 300. The zero-order valence-electron chi connectivity index (χ0n) is 8.02. The van der Waals surface area contributed by atoms with Gasteiger partial charge in [-0.2, -0.15) is 0 Å². The molecule has 1 unspecified atom stereocenters. The molecule has 0 aliphatic carbocycles. The minimum absolute atomic E-state index is 0.208. The molecule has 0 saturated carbocycles. The number of nitrogen functional groups attached to an aromatic ring is 1. The van der Waals surface area contributed by atoms with Crippen LogP contribution in [0.4, 0.5) is 6.01 Å². The molecule has 78 valence electrons. The Morgan fingerprint density at radius 3 is 3.21 bits per heavy atom. The molecule has 5 nitrogen and oxygen atoms in total. The predicted molar refractivity (Wildman–Crippen MR) is 51.4 cm³/mol. The van der Waals surface area contributed by atoms with E-state index >= 15 is 0 Å². The molecule has 14 heavy (non-hydrogen) atoms. The number of aliphatic hydroxyl groups is 1. The first-order valence-corrected chi connectivity index (χ1v) is 4.84. The fourth-order valence-corrected chi connectivity index (χ4v) is 1.91. The van der Waals surface area contributed by atoms with E-state index in [1.165, 1.54) is 0 Å². The van der Waals surface area contributed by atoms with Crippen LogP contribution < -0.4 is 5.73 Å². The predicted octanol–water partition coefficient (Wildman–Crippen LogP) is 0.214. The summed E-state index contributed by atoms with van der Waals surface area (Å²) < 4.78 is 5.18. The second-order valence-electron chi connectivity index (χ2n) is 3.61. The Hall–Kier alpha value is -1.07. The zero-order chi connectivity index (χ0) is 9.97. The summed E-state index contributed by atoms with van der Waals surface area (Å²) >= 11 is 0. The average molecular weight is 197 g/mol. The highest BCUT2D eigenvalue weighted by molar-refractivity contribution is 5.11. The van der Waals surface area contributed by atoms with E-state index in [9.17, 15) is 0 Å². The van der Waals surface area contributed by atoms with Crippen molar-refractivity contribution in [3.8, 4) is 0 Å². The Morgan fingerprint density at radius 2 is 2.57 bits per heavy atom. The van der Waals surface area contributed by atoms with Gasteiger partial charge in [0.15, 0.2) is 0 Å². The molecule has 3 N–H and O–H groups in total. The molecule has 1 atom stereocenters. The summed E-state index contributed by atoms with van der Waals surface area (Å²) in [6.45, 7) is 1.91. The first kappa shape index (κ1) is 9.48. The molecule has 0 amide bonds. The standard InChI is InChI=1S/C9H15N3O2/c10-9-11-4-8(14-9)5-12-3-1-2-7(12)6-13/h4,7,13H,1-3,5-6H2,(H2,10,11). The second kappa shape index (κ2) is 3.98. The van der Waals surface area contributed by atoms with Crippen molar-refractivity contribution in [2.75, 3.05) is 18.9 Å². The molecule has 0 aromatic carbocycles. The highest BCUT2D eigenvalue weighted by Crippen LogP contribution is 2.20. The number of hydrogen-bond donors (Lipinski definition) is 2. The van der Waals surface area contributed by atoms with Gasteiger partial charge >= 0.3 is 0 Å². The molecule has 2 rings (SSSR count). The van der Waals surface area contributed by atoms with Crippen LogP contribution in [0.1, 0.15) is 18.6 Å². The van der Waals surface area contributed by atoms with Gasteiger partial charge in [0.25, 0.3) is 6.01 Å². The van der Waals surface area contributed by atoms with E-state index in [-0.39, 0.29) is 18.7 Å². The molecule has 2 heterocycles. The van der Waals surface area contributed by atoms with Crippen molar-refractivity contribution in [3.05, 3.63) is 12.0 Å². The Kier molecular flexibility index (Phi) is 2.69. The summed E-state index contributed by atoms with van der Waals surface area (Å²) in [5, 5.41) is 9.11. The second-order valence-corrected chi connectivity index (χ2v) is 3.61. The lowest BCUT2D eigenvalue weighted by Gasteiger charge is -2.20. The molecule has 0 bridgehead atoms. The number of aromatic nitrogens is 1. The summed E-state index contributed by atoms with van der Waals surface area (Å²) in [6, 6.07) is 0.473. The maximum Gasteiger partial charge on any atom is 0.292 e. The van der Waals surface area contributed by atoms with Crippen molar-refractivity contribution in [1.82, 2.24) is 9.88 Å². The van der Waals surface area contributed by atoms with E-state index in [4.69, 9.17) is 15.3 Å². The van der Waals surface area contributed by atoms with Gasteiger partial charge in [0.2, 0.25) is 0 Å². The van der Waals surface area contributed by atoms with Crippen LogP contribution in [-0.2, 0) is 6.54 Å². The van der Waals surface area contributed by atoms with Crippen LogP contribution in [0.15, 0.2) is 10.6 Å². The minimum atomic E-state index is 0.208. The van der Waals surface area contributed by atoms with Crippen LogP contribution >= 0.6 is 0 Å². The van der Waals surface area contributed by atoms with Gasteiger partial charge in [0.05, 0.1) is 19.3 Å². The van der Waals surface area contributed by atoms with E-state index in [1.54, 1.807) is 6.20 Å². The minimum Gasteiger partial charge on any atom is -0.428 e. The quantitative estimate of drug-likeness (QED) is 0.724. The average Bonchev–Trinajstić information content (AvgIpc) is 2.76. The Balaban J connectivity index is 1.96. The van der Waals surface area contributed by atoms with Crippen LogP contribution in [0.2, 0.25) is 0 Å². The van der Waals surface area contributed by atoms with Gasteiger partial charge in [0.1, 0.15) is 5.76 Å². The summed E-state index contributed by atoms with van der Waals surface area (Å²) in [4.78, 5) is 6.03. The summed E-state index contributed by atoms with van der Waals surface area (Å²) in [7, 11) is 0. The molecular weight excluding hydrogens is 182 g/mol. The number of oxazole rings is 1. The number of aliphatic hydroxyl groups excluding tert-OH is 1. The lowest BCUT2D eigenvalue weighted by atomic mass is 10.2. The molecule has 1 aliphatic rings. The molecule has 0 radical (unpaired) electrons. The van der Waals surface area contributed by atoms with Crippen LogP contribution in [0.3, 0.4) is 0 Å². The lowest BCUT2D eigenvalue weighted by Crippen LogP contribution is -2.31. The maximum absolute atomic E-state index is 9.11. The van der Waals surface area contributed by atoms with Crippen molar-refractivity contribution in [1.29, 1.82) is 0 Å². The molecule has 1 saturated heterocycles. The van der Waals surface area contributed by atoms with Crippen molar-refractivity contribution in [3.63, 3.8) is 0 Å². The van der Waals surface area contributed by atoms with Crippen molar-refractivity contribution in [2.24, 2.45) is 0 Å². The van der Waals surface area contributed by atoms with Gasteiger partial charge < -0.3 is 15.3 Å². The van der Waals surface area contributed by atoms with Crippen LogP contribution in [0, 0.1) is 0 Å². The third-order valence-corrected chi connectivity index (χ3v) is 2.64.